The first-order valence-electron chi connectivity index (χ1n) is 8.88. The van der Waals surface area contributed by atoms with Crippen molar-refractivity contribution in [2.45, 2.75) is 32.4 Å². The van der Waals surface area contributed by atoms with Crippen LogP contribution < -0.4 is 5.32 Å². The maximum Gasteiger partial charge on any atom is 0.337 e. The highest BCUT2D eigenvalue weighted by Crippen LogP contribution is 2.26. The summed E-state index contributed by atoms with van der Waals surface area (Å²) in [5.41, 5.74) is 0.258. The highest BCUT2D eigenvalue weighted by molar-refractivity contribution is 6.06. The molecule has 2 aromatic heterocycles. The zero-order valence-corrected chi connectivity index (χ0v) is 15.9. The number of carboxylic acid groups (broad SMARTS) is 1. The summed E-state index contributed by atoms with van der Waals surface area (Å²) in [4.78, 5) is 28.6. The normalized spacial score (nSPS) is 13.5. The van der Waals surface area contributed by atoms with E-state index < -0.39 is 24.0 Å². The average molecular weight is 382 g/mol. The van der Waals surface area contributed by atoms with Crippen LogP contribution in [0.4, 0.5) is 0 Å². The van der Waals surface area contributed by atoms with Crippen molar-refractivity contribution in [3.8, 4) is 11.3 Å². The molecule has 0 saturated heterocycles. The highest BCUT2D eigenvalue weighted by atomic mass is 16.4. The Kier molecular flexibility index (Phi) is 5.15. The van der Waals surface area contributed by atoms with Gasteiger partial charge in [-0.1, -0.05) is 30.3 Å². The lowest BCUT2D eigenvalue weighted by Gasteiger charge is -2.18. The number of carbonyl (C=O) groups excluding carboxylic acids is 1. The quantitative estimate of drug-likeness (QED) is 0.602. The number of hydrogen-bond acceptors (Lipinski definition) is 5. The summed E-state index contributed by atoms with van der Waals surface area (Å²) >= 11 is 0. The molecule has 0 saturated carbocycles. The SMILES string of the molecule is CC(C)n1ncc2c(C(=O)NCC(C)(O)C(=O)O)cc(-c3ccccc3)nc21. The van der Waals surface area contributed by atoms with Crippen LogP contribution in [0.15, 0.2) is 42.6 Å². The minimum Gasteiger partial charge on any atom is -0.479 e. The van der Waals surface area contributed by atoms with E-state index in [9.17, 15) is 14.7 Å². The van der Waals surface area contributed by atoms with Crippen molar-refractivity contribution in [3.05, 3.63) is 48.2 Å². The van der Waals surface area contributed by atoms with Gasteiger partial charge < -0.3 is 15.5 Å². The van der Waals surface area contributed by atoms with E-state index in [1.807, 2.05) is 44.2 Å². The van der Waals surface area contributed by atoms with Gasteiger partial charge >= 0.3 is 5.97 Å². The molecule has 1 unspecified atom stereocenters. The zero-order valence-electron chi connectivity index (χ0n) is 15.9. The molecule has 1 amide bonds. The molecule has 28 heavy (non-hydrogen) atoms. The molecule has 0 aliphatic carbocycles. The summed E-state index contributed by atoms with van der Waals surface area (Å²) in [5, 5.41) is 26.3. The Labute approximate surface area is 161 Å². The third-order valence-corrected chi connectivity index (χ3v) is 4.42. The monoisotopic (exact) mass is 382 g/mol. The fourth-order valence-corrected chi connectivity index (χ4v) is 2.76. The van der Waals surface area contributed by atoms with Crippen molar-refractivity contribution in [1.29, 1.82) is 0 Å². The minimum atomic E-state index is -2.06. The second kappa shape index (κ2) is 7.40. The van der Waals surface area contributed by atoms with Gasteiger partial charge in [0.2, 0.25) is 0 Å². The maximum absolute atomic E-state index is 12.8. The number of carbonyl (C=O) groups is 2. The van der Waals surface area contributed by atoms with Crippen LogP contribution in [-0.2, 0) is 4.79 Å². The molecule has 8 nitrogen and oxygen atoms in total. The van der Waals surface area contributed by atoms with E-state index in [1.54, 1.807) is 16.9 Å². The predicted octanol–water partition coefficient (Wildman–Crippen LogP) is 2.24. The molecule has 1 atom stereocenters. The molecule has 8 heteroatoms. The molecule has 3 rings (SSSR count). The Bertz CT molecular complexity index is 1030. The summed E-state index contributed by atoms with van der Waals surface area (Å²) in [6, 6.07) is 11.1. The van der Waals surface area contributed by atoms with Gasteiger partial charge in [0.15, 0.2) is 11.2 Å². The summed E-state index contributed by atoms with van der Waals surface area (Å²) < 4.78 is 1.73. The number of aliphatic carboxylic acids is 1. The molecule has 0 aliphatic heterocycles. The molecule has 3 aromatic rings. The second-order valence-corrected chi connectivity index (χ2v) is 7.10. The second-order valence-electron chi connectivity index (χ2n) is 7.10. The van der Waals surface area contributed by atoms with Crippen LogP contribution in [0.3, 0.4) is 0 Å². The molecule has 0 bridgehead atoms. The van der Waals surface area contributed by atoms with Gasteiger partial charge in [0.25, 0.3) is 5.91 Å². The lowest BCUT2D eigenvalue weighted by molar-refractivity contribution is -0.155. The van der Waals surface area contributed by atoms with E-state index in [4.69, 9.17) is 5.11 Å². The summed E-state index contributed by atoms with van der Waals surface area (Å²) in [5.74, 6) is -1.92. The fraction of sp³-hybridized carbons (Fsp3) is 0.300. The number of fused-ring (bicyclic) bond motifs is 1. The van der Waals surface area contributed by atoms with Crippen molar-refractivity contribution in [1.82, 2.24) is 20.1 Å². The van der Waals surface area contributed by atoms with Gasteiger partial charge in [-0.2, -0.15) is 5.10 Å². The van der Waals surface area contributed by atoms with Crippen LogP contribution in [0.25, 0.3) is 22.3 Å². The summed E-state index contributed by atoms with van der Waals surface area (Å²) in [7, 11) is 0. The van der Waals surface area contributed by atoms with Gasteiger partial charge in [-0.05, 0) is 26.8 Å². The number of amides is 1. The summed E-state index contributed by atoms with van der Waals surface area (Å²) in [6.45, 7) is 4.63. The van der Waals surface area contributed by atoms with Gasteiger partial charge in [-0.3, -0.25) is 4.79 Å². The van der Waals surface area contributed by atoms with Gasteiger partial charge in [0.05, 0.1) is 29.4 Å². The van der Waals surface area contributed by atoms with Crippen LogP contribution in [0.5, 0.6) is 0 Å². The molecule has 0 fully saturated rings. The van der Waals surface area contributed by atoms with Crippen molar-refractivity contribution >= 4 is 22.9 Å². The molecule has 146 valence electrons. The van der Waals surface area contributed by atoms with Gasteiger partial charge in [-0.15, -0.1) is 0 Å². The number of pyridine rings is 1. The molecule has 3 N–H and O–H groups in total. The molecule has 0 aliphatic rings. The number of nitrogens with zero attached hydrogens (tertiary/aromatic N) is 3. The first-order chi connectivity index (χ1) is 13.2. The van der Waals surface area contributed by atoms with E-state index in [0.29, 0.717) is 22.3 Å². The lowest BCUT2D eigenvalue weighted by atomic mass is 10.1. The maximum atomic E-state index is 12.8. The highest BCUT2D eigenvalue weighted by Gasteiger charge is 2.31. The van der Waals surface area contributed by atoms with Crippen LogP contribution in [0, 0.1) is 0 Å². The van der Waals surface area contributed by atoms with Crippen molar-refractivity contribution in [2.75, 3.05) is 6.54 Å². The summed E-state index contributed by atoms with van der Waals surface area (Å²) in [6.07, 6.45) is 1.57. The average Bonchev–Trinajstić information content (AvgIpc) is 3.10. The van der Waals surface area contributed by atoms with E-state index in [1.165, 1.54) is 0 Å². The van der Waals surface area contributed by atoms with Gasteiger partial charge in [0.1, 0.15) is 0 Å². The Morgan fingerprint density at radius 2 is 1.93 bits per heavy atom. The van der Waals surface area contributed by atoms with E-state index in [2.05, 4.69) is 15.4 Å². The van der Waals surface area contributed by atoms with E-state index in [0.717, 1.165) is 12.5 Å². The number of rotatable bonds is 6. The van der Waals surface area contributed by atoms with Crippen molar-refractivity contribution in [3.63, 3.8) is 0 Å². The van der Waals surface area contributed by atoms with Gasteiger partial charge in [0, 0.05) is 11.6 Å². The van der Waals surface area contributed by atoms with Crippen LogP contribution >= 0.6 is 0 Å². The Morgan fingerprint density at radius 3 is 2.54 bits per heavy atom. The first-order valence-corrected chi connectivity index (χ1v) is 8.88. The first kappa shape index (κ1) is 19.5. The Morgan fingerprint density at radius 1 is 1.25 bits per heavy atom. The van der Waals surface area contributed by atoms with Crippen molar-refractivity contribution < 1.29 is 19.8 Å². The van der Waals surface area contributed by atoms with Crippen LogP contribution in [-0.4, -0.2) is 49.0 Å². The number of hydrogen-bond donors (Lipinski definition) is 3. The molecule has 0 spiro atoms. The lowest BCUT2D eigenvalue weighted by Crippen LogP contribution is -2.46. The van der Waals surface area contributed by atoms with Crippen LogP contribution in [0.2, 0.25) is 0 Å². The predicted molar refractivity (Wildman–Crippen MR) is 104 cm³/mol. The number of aromatic nitrogens is 3. The van der Waals surface area contributed by atoms with E-state index in [-0.39, 0.29) is 6.04 Å². The number of aliphatic hydroxyl groups is 1. The fourth-order valence-electron chi connectivity index (χ4n) is 2.76. The molecule has 2 heterocycles. The number of benzene rings is 1. The van der Waals surface area contributed by atoms with Crippen LogP contribution in [0.1, 0.15) is 37.2 Å². The van der Waals surface area contributed by atoms with Crippen molar-refractivity contribution in [2.24, 2.45) is 0 Å². The third-order valence-electron chi connectivity index (χ3n) is 4.42. The third kappa shape index (κ3) is 3.72. The molecular formula is C20H22N4O4. The topological polar surface area (TPSA) is 117 Å². The zero-order chi connectivity index (χ0) is 20.5. The standard InChI is InChI=1S/C20H22N4O4/c1-12(2)24-17-15(10-22-24)14(18(25)21-11-20(3,28)19(26)27)9-16(23-17)13-7-5-4-6-8-13/h4-10,12,28H,11H2,1-3H3,(H,21,25)(H,26,27). The molecule has 1 aromatic carbocycles. The smallest absolute Gasteiger partial charge is 0.337 e. The number of nitrogens with one attached hydrogen (secondary N) is 1. The van der Waals surface area contributed by atoms with E-state index >= 15 is 0 Å². The molecular weight excluding hydrogens is 360 g/mol. The minimum absolute atomic E-state index is 0.0414. The van der Waals surface area contributed by atoms with Gasteiger partial charge in [-0.25, -0.2) is 14.5 Å². The Balaban J connectivity index is 2.07. The largest absolute Gasteiger partial charge is 0.479 e. The Hall–Kier alpha value is -3.26. The number of carboxylic acids is 1. The molecule has 0 radical (unpaired) electrons.